The highest BCUT2D eigenvalue weighted by Crippen LogP contribution is 2.30. The third-order valence-electron chi connectivity index (χ3n) is 4.48. The standard InChI is InChI=1S/C21H24N4O4S3/c1-4-18(25(32(3,27)28)16-11-8-12-17(13-16)29-2)19(26)22-20-23-24-21(31-20)30-14-15-9-6-5-7-10-15/h5-13,18H,4,14H2,1-3H3,(H,22,23,26). The molecule has 1 unspecified atom stereocenters. The Morgan fingerprint density at radius 1 is 1.19 bits per heavy atom. The predicted molar refractivity (Wildman–Crippen MR) is 129 cm³/mol. The minimum atomic E-state index is -3.75. The van der Waals surface area contributed by atoms with Crippen LogP contribution in [0.5, 0.6) is 5.75 Å². The second-order valence-corrected chi connectivity index (χ2v) is 10.9. The van der Waals surface area contributed by atoms with Crippen molar-refractivity contribution in [2.45, 2.75) is 29.5 Å². The molecule has 3 aromatic rings. The van der Waals surface area contributed by atoms with Gasteiger partial charge in [-0.15, -0.1) is 10.2 Å². The number of thioether (sulfide) groups is 1. The fourth-order valence-electron chi connectivity index (χ4n) is 3.03. The van der Waals surface area contributed by atoms with E-state index in [4.69, 9.17) is 4.74 Å². The number of ether oxygens (including phenoxy) is 1. The molecule has 0 saturated heterocycles. The van der Waals surface area contributed by atoms with E-state index < -0.39 is 22.0 Å². The van der Waals surface area contributed by atoms with Crippen LogP contribution >= 0.6 is 23.1 Å². The molecule has 3 rings (SSSR count). The first-order valence-corrected chi connectivity index (χ1v) is 13.4. The maximum Gasteiger partial charge on any atom is 0.250 e. The molecule has 2 aromatic carbocycles. The van der Waals surface area contributed by atoms with Gasteiger partial charge in [0.1, 0.15) is 11.8 Å². The molecule has 1 heterocycles. The number of rotatable bonds is 10. The number of carbonyl (C=O) groups excluding carboxylic acids is 1. The van der Waals surface area contributed by atoms with E-state index in [1.807, 2.05) is 30.3 Å². The molecule has 0 aliphatic heterocycles. The molecule has 0 spiro atoms. The lowest BCUT2D eigenvalue weighted by atomic mass is 10.2. The van der Waals surface area contributed by atoms with Gasteiger partial charge in [-0.3, -0.25) is 14.4 Å². The molecule has 1 amide bonds. The van der Waals surface area contributed by atoms with Crippen molar-refractivity contribution in [3.63, 3.8) is 0 Å². The predicted octanol–water partition coefficient (Wildman–Crippen LogP) is 4.02. The molecule has 0 saturated carbocycles. The van der Waals surface area contributed by atoms with Gasteiger partial charge in [0.05, 0.1) is 19.1 Å². The number of hydrogen-bond acceptors (Lipinski definition) is 8. The molecule has 1 N–H and O–H groups in total. The van der Waals surface area contributed by atoms with E-state index in [0.717, 1.165) is 21.9 Å². The monoisotopic (exact) mass is 492 g/mol. The lowest BCUT2D eigenvalue weighted by Gasteiger charge is -2.29. The number of aromatic nitrogens is 2. The average Bonchev–Trinajstić information content (AvgIpc) is 3.23. The summed E-state index contributed by atoms with van der Waals surface area (Å²) in [5, 5.41) is 11.2. The van der Waals surface area contributed by atoms with E-state index in [0.29, 0.717) is 20.9 Å². The SMILES string of the molecule is CCC(C(=O)Nc1nnc(SCc2ccccc2)s1)N(c1cccc(OC)c1)S(C)(=O)=O. The summed E-state index contributed by atoms with van der Waals surface area (Å²) in [5.74, 6) is 0.755. The Kier molecular flexibility index (Phi) is 8.10. The zero-order valence-electron chi connectivity index (χ0n) is 17.9. The second-order valence-electron chi connectivity index (χ2n) is 6.82. The van der Waals surface area contributed by atoms with Crippen LogP contribution in [-0.2, 0) is 20.6 Å². The van der Waals surface area contributed by atoms with E-state index in [9.17, 15) is 13.2 Å². The maximum atomic E-state index is 13.0. The molecule has 32 heavy (non-hydrogen) atoms. The lowest BCUT2D eigenvalue weighted by Crippen LogP contribution is -2.47. The molecule has 0 aliphatic carbocycles. The van der Waals surface area contributed by atoms with E-state index >= 15 is 0 Å². The van der Waals surface area contributed by atoms with Crippen molar-refractivity contribution in [2.75, 3.05) is 23.0 Å². The fourth-order valence-corrected chi connectivity index (χ4v) is 5.95. The van der Waals surface area contributed by atoms with Crippen molar-refractivity contribution >= 4 is 49.8 Å². The van der Waals surface area contributed by atoms with E-state index in [1.165, 1.54) is 30.2 Å². The Balaban J connectivity index is 1.74. The van der Waals surface area contributed by atoms with Gasteiger partial charge in [-0.25, -0.2) is 8.42 Å². The molecule has 1 atom stereocenters. The maximum absolute atomic E-state index is 13.0. The third kappa shape index (κ3) is 6.21. The van der Waals surface area contributed by atoms with Gasteiger partial charge in [-0.1, -0.05) is 66.4 Å². The van der Waals surface area contributed by atoms with Crippen LogP contribution in [0.25, 0.3) is 0 Å². The van der Waals surface area contributed by atoms with Crippen molar-refractivity contribution < 1.29 is 17.9 Å². The van der Waals surface area contributed by atoms with Gasteiger partial charge < -0.3 is 4.74 Å². The largest absolute Gasteiger partial charge is 0.497 e. The van der Waals surface area contributed by atoms with Crippen LogP contribution in [0.15, 0.2) is 58.9 Å². The summed E-state index contributed by atoms with van der Waals surface area (Å²) >= 11 is 2.77. The smallest absolute Gasteiger partial charge is 0.250 e. The summed E-state index contributed by atoms with van der Waals surface area (Å²) in [4.78, 5) is 13.0. The van der Waals surface area contributed by atoms with Crippen molar-refractivity contribution in [1.29, 1.82) is 0 Å². The highest BCUT2D eigenvalue weighted by Gasteiger charge is 2.32. The Morgan fingerprint density at radius 3 is 2.59 bits per heavy atom. The van der Waals surface area contributed by atoms with Gasteiger partial charge in [0, 0.05) is 11.8 Å². The number of methoxy groups -OCH3 is 1. The molecule has 0 bridgehead atoms. The van der Waals surface area contributed by atoms with Gasteiger partial charge in [0.15, 0.2) is 4.34 Å². The molecule has 1 aromatic heterocycles. The fraction of sp³-hybridized carbons (Fsp3) is 0.286. The van der Waals surface area contributed by atoms with Gasteiger partial charge in [0.2, 0.25) is 21.1 Å². The first-order valence-electron chi connectivity index (χ1n) is 9.76. The normalized spacial score (nSPS) is 12.2. The van der Waals surface area contributed by atoms with Crippen LogP contribution in [-0.4, -0.2) is 43.9 Å². The van der Waals surface area contributed by atoms with Crippen LogP contribution in [0, 0.1) is 0 Å². The highest BCUT2D eigenvalue weighted by atomic mass is 32.2. The molecule has 8 nitrogen and oxygen atoms in total. The van der Waals surface area contributed by atoms with Crippen LogP contribution in [0.3, 0.4) is 0 Å². The Bertz CT molecular complexity index is 1150. The molecule has 0 aliphatic rings. The third-order valence-corrected chi connectivity index (χ3v) is 7.70. The van der Waals surface area contributed by atoms with Gasteiger partial charge >= 0.3 is 0 Å². The summed E-state index contributed by atoms with van der Waals surface area (Å²) < 4.78 is 32.2. The quantitative estimate of drug-likeness (QED) is 0.337. The van der Waals surface area contributed by atoms with E-state index in [1.54, 1.807) is 31.2 Å². The average molecular weight is 493 g/mol. The number of nitrogens with one attached hydrogen (secondary N) is 1. The molecule has 11 heteroatoms. The molecular weight excluding hydrogens is 468 g/mol. The molecule has 170 valence electrons. The van der Waals surface area contributed by atoms with Crippen LogP contribution in [0.2, 0.25) is 0 Å². The zero-order chi connectivity index (χ0) is 23.1. The summed E-state index contributed by atoms with van der Waals surface area (Å²) in [7, 11) is -2.25. The second kappa shape index (κ2) is 10.8. The van der Waals surface area contributed by atoms with Crippen LogP contribution in [0.4, 0.5) is 10.8 Å². The minimum absolute atomic E-state index is 0.268. The van der Waals surface area contributed by atoms with E-state index in [2.05, 4.69) is 15.5 Å². The van der Waals surface area contributed by atoms with Crippen molar-refractivity contribution in [1.82, 2.24) is 10.2 Å². The summed E-state index contributed by atoms with van der Waals surface area (Å²) in [5.41, 5.74) is 1.51. The summed E-state index contributed by atoms with van der Waals surface area (Å²) in [6.45, 7) is 1.75. The minimum Gasteiger partial charge on any atom is -0.497 e. The number of hydrogen-bond donors (Lipinski definition) is 1. The highest BCUT2D eigenvalue weighted by molar-refractivity contribution is 8.00. The first-order chi connectivity index (χ1) is 15.3. The number of anilines is 2. The van der Waals surface area contributed by atoms with Crippen LogP contribution < -0.4 is 14.4 Å². The number of benzene rings is 2. The number of nitrogens with zero attached hydrogens (tertiary/aromatic N) is 3. The summed E-state index contributed by atoms with van der Waals surface area (Å²) in [6.07, 6.45) is 1.34. The lowest BCUT2D eigenvalue weighted by molar-refractivity contribution is -0.117. The zero-order valence-corrected chi connectivity index (χ0v) is 20.3. The Hall–Kier alpha value is -2.63. The Labute approximate surface area is 196 Å². The van der Waals surface area contributed by atoms with Crippen LogP contribution in [0.1, 0.15) is 18.9 Å². The van der Waals surface area contributed by atoms with Gasteiger partial charge in [0.25, 0.3) is 0 Å². The number of carbonyl (C=O) groups is 1. The van der Waals surface area contributed by atoms with E-state index in [-0.39, 0.29) is 6.42 Å². The number of sulfonamides is 1. The van der Waals surface area contributed by atoms with Crippen molar-refractivity contribution in [3.05, 3.63) is 60.2 Å². The Morgan fingerprint density at radius 2 is 1.94 bits per heavy atom. The number of amides is 1. The van der Waals surface area contributed by atoms with Gasteiger partial charge in [-0.2, -0.15) is 0 Å². The first kappa shape index (κ1) is 24.0. The van der Waals surface area contributed by atoms with Crippen molar-refractivity contribution in [2.24, 2.45) is 0 Å². The molecule has 0 radical (unpaired) electrons. The molecule has 0 fully saturated rings. The van der Waals surface area contributed by atoms with Gasteiger partial charge in [-0.05, 0) is 24.1 Å². The topological polar surface area (TPSA) is 101 Å². The molecular formula is C21H24N4O4S3. The summed E-state index contributed by atoms with van der Waals surface area (Å²) in [6, 6.07) is 15.6. The van der Waals surface area contributed by atoms with Crippen molar-refractivity contribution in [3.8, 4) is 5.75 Å².